The molecule has 1 atom stereocenters. The highest BCUT2D eigenvalue weighted by atomic mass is 35.5. The molecule has 0 radical (unpaired) electrons. The summed E-state index contributed by atoms with van der Waals surface area (Å²) in [5.41, 5.74) is 1.65. The normalized spacial score (nSPS) is 18.4. The Kier molecular flexibility index (Phi) is 4.68. The van der Waals surface area contributed by atoms with Crippen LogP contribution in [-0.2, 0) is 4.74 Å². The quantitative estimate of drug-likeness (QED) is 0.865. The molecule has 1 aliphatic heterocycles. The number of amides is 1. The van der Waals surface area contributed by atoms with Crippen LogP contribution in [0.4, 0.5) is 0 Å². The number of nitrogens with zero attached hydrogens (tertiary/aromatic N) is 3. The molecule has 0 aliphatic carbocycles. The molecule has 1 unspecified atom stereocenters. The number of hydrogen-bond donors (Lipinski definition) is 0. The summed E-state index contributed by atoms with van der Waals surface area (Å²) in [5, 5.41) is 4.93. The van der Waals surface area contributed by atoms with E-state index in [1.165, 1.54) is 0 Å². The number of hydrogen-bond acceptors (Lipinski definition) is 3. The Morgan fingerprint density at radius 1 is 1.35 bits per heavy atom. The zero-order valence-electron chi connectivity index (χ0n) is 13.3. The molecule has 1 aromatic carbocycles. The maximum atomic E-state index is 12.7. The summed E-state index contributed by atoms with van der Waals surface area (Å²) in [7, 11) is 0. The smallest absolute Gasteiger partial charge is 0.257 e. The third kappa shape index (κ3) is 3.57. The van der Waals surface area contributed by atoms with Gasteiger partial charge in [0, 0.05) is 23.8 Å². The summed E-state index contributed by atoms with van der Waals surface area (Å²) >= 11 is 5.92. The summed E-state index contributed by atoms with van der Waals surface area (Å²) in [6.45, 7) is 5.72. The van der Waals surface area contributed by atoms with E-state index in [2.05, 4.69) is 5.10 Å². The first-order valence-electron chi connectivity index (χ1n) is 7.75. The number of ether oxygens (including phenoxy) is 1. The van der Waals surface area contributed by atoms with Crippen LogP contribution in [-0.4, -0.2) is 40.3 Å². The fourth-order valence-electron chi connectivity index (χ4n) is 2.63. The molecule has 122 valence electrons. The number of benzene rings is 1. The highest BCUT2D eigenvalue weighted by Gasteiger charge is 2.26. The lowest BCUT2D eigenvalue weighted by atomic mass is 10.1. The Labute approximate surface area is 140 Å². The highest BCUT2D eigenvalue weighted by molar-refractivity contribution is 6.30. The van der Waals surface area contributed by atoms with Gasteiger partial charge >= 0.3 is 0 Å². The van der Waals surface area contributed by atoms with Gasteiger partial charge in [0.2, 0.25) is 0 Å². The average Bonchev–Trinajstić information content (AvgIpc) is 3.05. The zero-order valence-corrected chi connectivity index (χ0v) is 14.0. The Morgan fingerprint density at radius 3 is 2.74 bits per heavy atom. The lowest BCUT2D eigenvalue weighted by Gasteiger charge is -2.33. The molecule has 5 nitrogen and oxygen atoms in total. The molecule has 0 bridgehead atoms. The van der Waals surface area contributed by atoms with Crippen LogP contribution in [0.1, 0.15) is 41.9 Å². The topological polar surface area (TPSA) is 47.4 Å². The number of carbonyl (C=O) groups excluding carboxylic acids is 1. The van der Waals surface area contributed by atoms with Crippen molar-refractivity contribution in [1.29, 1.82) is 0 Å². The highest BCUT2D eigenvalue weighted by Crippen LogP contribution is 2.24. The van der Waals surface area contributed by atoms with E-state index in [9.17, 15) is 4.79 Å². The molecule has 6 heteroatoms. The van der Waals surface area contributed by atoms with Gasteiger partial charge in [-0.15, -0.1) is 0 Å². The minimum Gasteiger partial charge on any atom is -0.370 e. The Morgan fingerprint density at radius 2 is 2.09 bits per heavy atom. The summed E-state index contributed by atoms with van der Waals surface area (Å²) in [6.07, 6.45) is 3.32. The van der Waals surface area contributed by atoms with E-state index in [0.717, 1.165) is 5.56 Å². The number of carbonyl (C=O) groups is 1. The number of aromatic nitrogens is 2. The molecule has 1 aromatic heterocycles. The molecule has 1 aliphatic rings. The lowest BCUT2D eigenvalue weighted by Crippen LogP contribution is -2.42. The van der Waals surface area contributed by atoms with E-state index in [-0.39, 0.29) is 18.1 Å². The van der Waals surface area contributed by atoms with E-state index >= 15 is 0 Å². The van der Waals surface area contributed by atoms with Crippen molar-refractivity contribution < 1.29 is 9.53 Å². The van der Waals surface area contributed by atoms with Crippen molar-refractivity contribution in [1.82, 2.24) is 14.7 Å². The van der Waals surface area contributed by atoms with Crippen molar-refractivity contribution in [2.45, 2.75) is 26.0 Å². The summed E-state index contributed by atoms with van der Waals surface area (Å²) in [5.74, 6) is -0.000775. The second kappa shape index (κ2) is 6.72. The molecular weight excluding hydrogens is 314 g/mol. The third-order valence-corrected chi connectivity index (χ3v) is 4.22. The Bertz CT molecular complexity index is 681. The van der Waals surface area contributed by atoms with Gasteiger partial charge < -0.3 is 9.64 Å². The minimum atomic E-state index is -0.120. The molecular formula is C17H20ClN3O2. The number of halogens is 1. The maximum absolute atomic E-state index is 12.7. The first kappa shape index (κ1) is 16.0. The van der Waals surface area contributed by atoms with Crippen LogP contribution >= 0.6 is 11.6 Å². The molecule has 1 amide bonds. The van der Waals surface area contributed by atoms with Crippen LogP contribution in [0.5, 0.6) is 0 Å². The SMILES string of the molecule is CC(C)n1cc(C(=O)N2CCOC(c3ccc(Cl)cc3)C2)cn1. The van der Waals surface area contributed by atoms with Crippen molar-refractivity contribution in [2.24, 2.45) is 0 Å². The van der Waals surface area contributed by atoms with Crippen LogP contribution < -0.4 is 0 Å². The third-order valence-electron chi connectivity index (χ3n) is 3.97. The van der Waals surface area contributed by atoms with Gasteiger partial charge in [-0.3, -0.25) is 9.48 Å². The van der Waals surface area contributed by atoms with Crippen LogP contribution in [0, 0.1) is 0 Å². The standard InChI is InChI=1S/C17H20ClN3O2/c1-12(2)21-10-14(9-19-21)17(22)20-7-8-23-16(11-20)13-3-5-15(18)6-4-13/h3-6,9-10,12,16H,7-8,11H2,1-2H3. The van der Waals surface area contributed by atoms with Gasteiger partial charge in [-0.25, -0.2) is 0 Å². The molecule has 1 fully saturated rings. The van der Waals surface area contributed by atoms with Gasteiger partial charge in [-0.2, -0.15) is 5.10 Å². The van der Waals surface area contributed by atoms with Crippen LogP contribution in [0.3, 0.4) is 0 Å². The van der Waals surface area contributed by atoms with Gasteiger partial charge in [-0.1, -0.05) is 23.7 Å². The summed E-state index contributed by atoms with van der Waals surface area (Å²) in [6, 6.07) is 7.81. The minimum absolute atomic E-state index is 0.000775. The average molecular weight is 334 g/mol. The molecule has 1 saturated heterocycles. The van der Waals surface area contributed by atoms with Crippen LogP contribution in [0.2, 0.25) is 5.02 Å². The van der Waals surface area contributed by atoms with E-state index < -0.39 is 0 Å². The van der Waals surface area contributed by atoms with Gasteiger partial charge in [0.05, 0.1) is 24.9 Å². The molecule has 0 N–H and O–H groups in total. The van der Waals surface area contributed by atoms with Crippen molar-refractivity contribution >= 4 is 17.5 Å². The molecule has 0 spiro atoms. The summed E-state index contributed by atoms with van der Waals surface area (Å²) in [4.78, 5) is 14.5. The molecule has 0 saturated carbocycles. The van der Waals surface area contributed by atoms with Crippen molar-refractivity contribution in [3.8, 4) is 0 Å². The van der Waals surface area contributed by atoms with Gasteiger partial charge in [0.15, 0.2) is 0 Å². The van der Waals surface area contributed by atoms with Crippen molar-refractivity contribution in [3.05, 3.63) is 52.8 Å². The van der Waals surface area contributed by atoms with Crippen LogP contribution in [0.25, 0.3) is 0 Å². The molecule has 23 heavy (non-hydrogen) atoms. The first-order chi connectivity index (χ1) is 11.0. The fraction of sp³-hybridized carbons (Fsp3) is 0.412. The summed E-state index contributed by atoms with van der Waals surface area (Å²) < 4.78 is 7.60. The van der Waals surface area contributed by atoms with E-state index in [1.807, 2.05) is 43.0 Å². The lowest BCUT2D eigenvalue weighted by molar-refractivity contribution is -0.0228. The van der Waals surface area contributed by atoms with E-state index in [0.29, 0.717) is 30.3 Å². The molecule has 2 aromatic rings. The molecule has 3 rings (SSSR count). The van der Waals surface area contributed by atoms with E-state index in [1.54, 1.807) is 17.1 Å². The predicted molar refractivity (Wildman–Crippen MR) is 88.7 cm³/mol. The number of morpholine rings is 1. The predicted octanol–water partition coefficient (Wildman–Crippen LogP) is 3.33. The Hall–Kier alpha value is -1.85. The Balaban J connectivity index is 1.72. The van der Waals surface area contributed by atoms with Gasteiger partial charge in [-0.05, 0) is 31.5 Å². The maximum Gasteiger partial charge on any atom is 0.257 e. The van der Waals surface area contributed by atoms with Crippen LogP contribution in [0.15, 0.2) is 36.7 Å². The molecule has 2 heterocycles. The van der Waals surface area contributed by atoms with Crippen molar-refractivity contribution in [3.63, 3.8) is 0 Å². The van der Waals surface area contributed by atoms with Gasteiger partial charge in [0.1, 0.15) is 6.10 Å². The van der Waals surface area contributed by atoms with E-state index in [4.69, 9.17) is 16.3 Å². The number of rotatable bonds is 3. The first-order valence-corrected chi connectivity index (χ1v) is 8.13. The van der Waals surface area contributed by atoms with Gasteiger partial charge in [0.25, 0.3) is 5.91 Å². The second-order valence-corrected chi connectivity index (χ2v) is 6.40. The van der Waals surface area contributed by atoms with Crippen molar-refractivity contribution in [2.75, 3.05) is 19.7 Å². The second-order valence-electron chi connectivity index (χ2n) is 5.96. The largest absolute Gasteiger partial charge is 0.370 e. The zero-order chi connectivity index (χ0) is 16.4. The monoisotopic (exact) mass is 333 g/mol. The fourth-order valence-corrected chi connectivity index (χ4v) is 2.75.